The van der Waals surface area contributed by atoms with Gasteiger partial charge in [0.2, 0.25) is 0 Å². The van der Waals surface area contributed by atoms with Gasteiger partial charge in [-0.25, -0.2) is 0 Å². The van der Waals surface area contributed by atoms with E-state index in [-0.39, 0.29) is 0 Å². The summed E-state index contributed by atoms with van der Waals surface area (Å²) in [4.78, 5) is 8.71. The Kier molecular flexibility index (Phi) is 2.62. The van der Waals surface area contributed by atoms with E-state index in [1.807, 2.05) is 12.4 Å². The van der Waals surface area contributed by atoms with Gasteiger partial charge >= 0.3 is 0 Å². The lowest BCUT2D eigenvalue weighted by atomic mass is 10.2. The number of fused-ring (bicyclic) bond motifs is 1. The molecular formula is C13H19N3. The van der Waals surface area contributed by atoms with E-state index in [0.717, 1.165) is 11.5 Å². The lowest BCUT2D eigenvalue weighted by Gasteiger charge is -2.29. The predicted octanol–water partition coefficient (Wildman–Crippen LogP) is 3.00. The van der Waals surface area contributed by atoms with Crippen LogP contribution in [0, 0.1) is 0 Å². The quantitative estimate of drug-likeness (QED) is 0.759. The predicted molar refractivity (Wildman–Crippen MR) is 68.6 cm³/mol. The van der Waals surface area contributed by atoms with Gasteiger partial charge in [-0.05, 0) is 33.8 Å². The van der Waals surface area contributed by atoms with Crippen LogP contribution in [0.5, 0.6) is 0 Å². The first-order chi connectivity index (χ1) is 7.54. The average Bonchev–Trinajstić information content (AvgIpc) is 2.49. The summed E-state index contributed by atoms with van der Waals surface area (Å²) < 4.78 is 0. The highest BCUT2D eigenvalue weighted by molar-refractivity contribution is 5.82. The molecule has 2 heterocycles. The zero-order valence-corrected chi connectivity index (χ0v) is 10.4. The summed E-state index contributed by atoms with van der Waals surface area (Å²) in [6, 6.07) is 2.87. The minimum atomic E-state index is 0.402. The summed E-state index contributed by atoms with van der Waals surface area (Å²) in [7, 11) is 0. The minimum absolute atomic E-state index is 0.402. The Hall–Kier alpha value is -1.51. The molecule has 0 aliphatic carbocycles. The summed E-state index contributed by atoms with van der Waals surface area (Å²) in [5.41, 5.74) is 2.37. The fourth-order valence-corrected chi connectivity index (χ4v) is 2.31. The van der Waals surface area contributed by atoms with Crippen LogP contribution in [0.25, 0.3) is 0 Å². The van der Waals surface area contributed by atoms with Crippen molar-refractivity contribution in [3.8, 4) is 0 Å². The Morgan fingerprint density at radius 1 is 1.06 bits per heavy atom. The van der Waals surface area contributed by atoms with Crippen molar-refractivity contribution in [3.05, 3.63) is 30.9 Å². The Bertz CT molecular complexity index is 372. The molecule has 0 saturated heterocycles. The largest absolute Gasteiger partial charge is 0.324 e. The second kappa shape index (κ2) is 3.81. The van der Waals surface area contributed by atoms with Crippen LogP contribution < -0.4 is 9.80 Å². The Morgan fingerprint density at radius 2 is 1.62 bits per heavy atom. The van der Waals surface area contributed by atoms with Crippen molar-refractivity contribution in [3.63, 3.8) is 0 Å². The number of hydrogen-bond acceptors (Lipinski definition) is 3. The van der Waals surface area contributed by atoms with Crippen LogP contribution in [0.2, 0.25) is 0 Å². The van der Waals surface area contributed by atoms with Crippen molar-refractivity contribution in [1.29, 1.82) is 0 Å². The van der Waals surface area contributed by atoms with Gasteiger partial charge in [-0.15, -0.1) is 0 Å². The third kappa shape index (κ3) is 1.47. The van der Waals surface area contributed by atoms with Crippen molar-refractivity contribution in [2.45, 2.75) is 39.8 Å². The van der Waals surface area contributed by atoms with Gasteiger partial charge in [0.05, 0.1) is 17.6 Å². The second-order valence-corrected chi connectivity index (χ2v) is 4.71. The molecule has 0 atom stereocenters. The van der Waals surface area contributed by atoms with Crippen LogP contribution >= 0.6 is 0 Å². The van der Waals surface area contributed by atoms with Gasteiger partial charge in [-0.1, -0.05) is 6.58 Å². The molecule has 0 unspecified atom stereocenters. The second-order valence-electron chi connectivity index (χ2n) is 4.71. The molecule has 1 aliphatic rings. The van der Waals surface area contributed by atoms with Gasteiger partial charge in [-0.2, -0.15) is 0 Å². The molecule has 1 aromatic heterocycles. The van der Waals surface area contributed by atoms with Crippen molar-refractivity contribution in [2.24, 2.45) is 0 Å². The number of anilines is 2. The molecular weight excluding hydrogens is 198 g/mol. The standard InChI is InChI=1S/C13H19N3/c1-9(2)15-11(5)16(10(3)4)13-8-14-7-6-12(13)15/h6-10H,5H2,1-4H3. The van der Waals surface area contributed by atoms with E-state index >= 15 is 0 Å². The average molecular weight is 217 g/mol. The van der Waals surface area contributed by atoms with E-state index in [0.29, 0.717) is 12.1 Å². The molecule has 1 aromatic rings. The highest BCUT2D eigenvalue weighted by Gasteiger charge is 2.32. The van der Waals surface area contributed by atoms with Gasteiger partial charge in [0.25, 0.3) is 0 Å². The van der Waals surface area contributed by atoms with E-state index in [1.165, 1.54) is 5.69 Å². The van der Waals surface area contributed by atoms with Crippen LogP contribution in [0.1, 0.15) is 27.7 Å². The van der Waals surface area contributed by atoms with Crippen LogP contribution in [0.4, 0.5) is 11.4 Å². The van der Waals surface area contributed by atoms with Crippen LogP contribution in [0.15, 0.2) is 30.9 Å². The van der Waals surface area contributed by atoms with E-state index in [2.05, 4.69) is 55.1 Å². The maximum Gasteiger partial charge on any atom is 0.106 e. The zero-order valence-electron chi connectivity index (χ0n) is 10.4. The number of rotatable bonds is 2. The molecule has 0 saturated carbocycles. The minimum Gasteiger partial charge on any atom is -0.324 e. The third-order valence-electron chi connectivity index (χ3n) is 2.89. The molecule has 2 rings (SSSR count). The molecule has 0 bridgehead atoms. The number of pyridine rings is 1. The van der Waals surface area contributed by atoms with Crippen LogP contribution in [-0.4, -0.2) is 17.1 Å². The fourth-order valence-electron chi connectivity index (χ4n) is 2.31. The highest BCUT2D eigenvalue weighted by Crippen LogP contribution is 2.42. The van der Waals surface area contributed by atoms with E-state index in [4.69, 9.17) is 0 Å². The van der Waals surface area contributed by atoms with Gasteiger partial charge < -0.3 is 9.80 Å². The normalized spacial score (nSPS) is 15.2. The van der Waals surface area contributed by atoms with Crippen molar-refractivity contribution in [2.75, 3.05) is 9.80 Å². The van der Waals surface area contributed by atoms with E-state index in [9.17, 15) is 0 Å². The topological polar surface area (TPSA) is 19.4 Å². The van der Waals surface area contributed by atoms with Crippen LogP contribution in [-0.2, 0) is 0 Å². The van der Waals surface area contributed by atoms with Gasteiger partial charge in [0.1, 0.15) is 5.82 Å². The summed E-state index contributed by atoms with van der Waals surface area (Å²) in [6.45, 7) is 12.9. The molecule has 1 aliphatic heterocycles. The molecule has 0 amide bonds. The maximum absolute atomic E-state index is 4.21. The summed E-state index contributed by atoms with van der Waals surface area (Å²) in [6.07, 6.45) is 3.76. The van der Waals surface area contributed by atoms with Crippen LogP contribution in [0.3, 0.4) is 0 Å². The first-order valence-electron chi connectivity index (χ1n) is 5.75. The molecule has 0 spiro atoms. The zero-order chi connectivity index (χ0) is 11.9. The summed E-state index contributed by atoms with van der Waals surface area (Å²) in [5, 5.41) is 0. The van der Waals surface area contributed by atoms with E-state index < -0.39 is 0 Å². The summed E-state index contributed by atoms with van der Waals surface area (Å²) >= 11 is 0. The molecule has 3 heteroatoms. The molecule has 86 valence electrons. The van der Waals surface area contributed by atoms with E-state index in [1.54, 1.807) is 0 Å². The third-order valence-corrected chi connectivity index (χ3v) is 2.89. The Morgan fingerprint density at radius 3 is 2.19 bits per heavy atom. The number of nitrogens with zero attached hydrogens (tertiary/aromatic N) is 3. The number of hydrogen-bond donors (Lipinski definition) is 0. The Balaban J connectivity index is 2.53. The molecule has 0 aromatic carbocycles. The SMILES string of the molecule is C=C1N(C(C)C)c2ccncc2N1C(C)C. The lowest BCUT2D eigenvalue weighted by molar-refractivity contribution is 0.707. The molecule has 3 nitrogen and oxygen atoms in total. The van der Waals surface area contributed by atoms with Gasteiger partial charge in [0, 0.05) is 18.3 Å². The monoisotopic (exact) mass is 217 g/mol. The molecule has 16 heavy (non-hydrogen) atoms. The lowest BCUT2D eigenvalue weighted by Crippen LogP contribution is -2.35. The first-order valence-corrected chi connectivity index (χ1v) is 5.75. The van der Waals surface area contributed by atoms with Gasteiger partial charge in [0.15, 0.2) is 0 Å². The fraction of sp³-hybridized carbons (Fsp3) is 0.462. The Labute approximate surface area is 97.4 Å². The molecule has 0 fully saturated rings. The highest BCUT2D eigenvalue weighted by atomic mass is 15.4. The van der Waals surface area contributed by atoms with Crippen molar-refractivity contribution in [1.82, 2.24) is 4.98 Å². The molecule has 0 radical (unpaired) electrons. The molecule has 0 N–H and O–H groups in total. The summed E-state index contributed by atoms with van der Waals surface area (Å²) in [5.74, 6) is 1.05. The smallest absolute Gasteiger partial charge is 0.106 e. The maximum atomic E-state index is 4.21. The number of aromatic nitrogens is 1. The van der Waals surface area contributed by atoms with Gasteiger partial charge in [-0.3, -0.25) is 4.98 Å². The van der Waals surface area contributed by atoms with Crippen molar-refractivity contribution < 1.29 is 0 Å². The first kappa shape index (κ1) is 11.0. The van der Waals surface area contributed by atoms with Crippen molar-refractivity contribution >= 4 is 11.4 Å².